The lowest BCUT2D eigenvalue weighted by atomic mass is 10.0. The molecular weight excluding hydrogens is 238 g/mol. The fraction of sp³-hybridized carbons (Fsp3) is 0.833. The zero-order valence-electron chi connectivity index (χ0n) is 11.4. The van der Waals surface area contributed by atoms with Crippen LogP contribution in [-0.4, -0.2) is 53.0 Å². The van der Waals surface area contributed by atoms with E-state index in [1.165, 1.54) is 4.90 Å². The summed E-state index contributed by atoms with van der Waals surface area (Å²) in [5.74, 6) is -1.03. The van der Waals surface area contributed by atoms with Crippen molar-refractivity contribution in [1.82, 2.24) is 4.90 Å². The van der Waals surface area contributed by atoms with Gasteiger partial charge in [-0.25, -0.2) is 9.59 Å². The van der Waals surface area contributed by atoms with Crippen LogP contribution in [-0.2, 0) is 14.3 Å². The Morgan fingerprint density at radius 3 is 2.44 bits per heavy atom. The molecule has 1 N–H and O–H groups in total. The summed E-state index contributed by atoms with van der Waals surface area (Å²) in [7, 11) is 0. The maximum Gasteiger partial charge on any atom is 0.410 e. The summed E-state index contributed by atoms with van der Waals surface area (Å²) in [6, 6.07) is 0. The first kappa shape index (κ1) is 14.8. The molecule has 0 aliphatic carbocycles. The normalized spacial score (nSPS) is 24.1. The monoisotopic (exact) mass is 259 g/mol. The van der Waals surface area contributed by atoms with E-state index in [4.69, 9.17) is 9.47 Å². The van der Waals surface area contributed by atoms with Crippen LogP contribution in [0.25, 0.3) is 0 Å². The Bertz CT molecular complexity index is 336. The van der Waals surface area contributed by atoms with Crippen LogP contribution >= 0.6 is 0 Å². The van der Waals surface area contributed by atoms with Crippen molar-refractivity contribution in [3.05, 3.63) is 0 Å². The second kappa shape index (κ2) is 5.14. The fourth-order valence-corrected chi connectivity index (χ4v) is 1.89. The highest BCUT2D eigenvalue weighted by Crippen LogP contribution is 2.27. The third-order valence-electron chi connectivity index (χ3n) is 2.69. The van der Waals surface area contributed by atoms with Crippen molar-refractivity contribution in [1.29, 1.82) is 0 Å². The molecule has 0 aromatic heterocycles. The smallest absolute Gasteiger partial charge is 0.410 e. The number of aliphatic carboxylic acids is 1. The Hall–Kier alpha value is -1.30. The molecule has 1 amide bonds. The molecule has 1 aliphatic heterocycles. The van der Waals surface area contributed by atoms with E-state index in [9.17, 15) is 14.7 Å². The number of carbonyl (C=O) groups is 2. The molecular formula is C12H21NO5. The molecule has 1 rings (SSSR count). The minimum atomic E-state index is -1.29. The Morgan fingerprint density at radius 1 is 1.39 bits per heavy atom. The number of hydrogen-bond acceptors (Lipinski definition) is 4. The number of carbonyl (C=O) groups excluding carboxylic acids is 1. The molecule has 0 spiro atoms. The summed E-state index contributed by atoms with van der Waals surface area (Å²) in [6.07, 6.45) is -0.208. The van der Waals surface area contributed by atoms with Gasteiger partial charge in [0.25, 0.3) is 0 Å². The van der Waals surface area contributed by atoms with Crippen molar-refractivity contribution in [3.8, 4) is 0 Å². The maximum absolute atomic E-state index is 11.8. The van der Waals surface area contributed by atoms with E-state index in [1.54, 1.807) is 27.7 Å². The number of ether oxygens (including phenoxy) is 2. The molecule has 6 nitrogen and oxygen atoms in total. The number of hydrogen-bond donors (Lipinski definition) is 1. The van der Waals surface area contributed by atoms with E-state index in [2.05, 4.69) is 0 Å². The van der Waals surface area contributed by atoms with Crippen LogP contribution < -0.4 is 0 Å². The van der Waals surface area contributed by atoms with Crippen LogP contribution in [0.15, 0.2) is 0 Å². The highest BCUT2D eigenvalue weighted by atomic mass is 16.6. The molecule has 104 valence electrons. The number of likely N-dealkylation sites (tertiary alicyclic amines) is 1. The lowest BCUT2D eigenvalue weighted by Crippen LogP contribution is -2.46. The standard InChI is InChI=1S/C12H21NO5/c1-5-17-12(9(14)15)6-7-13(8-12)10(16)18-11(2,3)4/h5-8H2,1-4H3,(H,14,15). The minimum Gasteiger partial charge on any atom is -0.479 e. The van der Waals surface area contributed by atoms with E-state index >= 15 is 0 Å². The summed E-state index contributed by atoms with van der Waals surface area (Å²) < 4.78 is 10.5. The van der Waals surface area contributed by atoms with Gasteiger partial charge in [0, 0.05) is 19.6 Å². The van der Waals surface area contributed by atoms with Gasteiger partial charge in [-0.3, -0.25) is 0 Å². The lowest BCUT2D eigenvalue weighted by Gasteiger charge is -2.26. The van der Waals surface area contributed by atoms with Crippen molar-refractivity contribution in [2.45, 2.75) is 45.3 Å². The first-order valence-electron chi connectivity index (χ1n) is 6.05. The van der Waals surface area contributed by atoms with Gasteiger partial charge < -0.3 is 19.5 Å². The van der Waals surface area contributed by atoms with Crippen LogP contribution in [0.1, 0.15) is 34.1 Å². The van der Waals surface area contributed by atoms with E-state index < -0.39 is 23.3 Å². The molecule has 0 aromatic carbocycles. The fourth-order valence-electron chi connectivity index (χ4n) is 1.89. The molecule has 0 bridgehead atoms. The van der Waals surface area contributed by atoms with Crippen LogP contribution in [0.2, 0.25) is 0 Å². The van der Waals surface area contributed by atoms with Crippen molar-refractivity contribution in [2.75, 3.05) is 19.7 Å². The molecule has 1 fully saturated rings. The third kappa shape index (κ3) is 3.35. The Kier molecular flexibility index (Phi) is 4.21. The predicted octanol–water partition coefficient (Wildman–Crippen LogP) is 1.49. The number of nitrogens with zero attached hydrogens (tertiary/aromatic N) is 1. The van der Waals surface area contributed by atoms with Gasteiger partial charge in [0.05, 0.1) is 6.54 Å². The summed E-state index contributed by atoms with van der Waals surface area (Å²) in [4.78, 5) is 24.5. The molecule has 1 aliphatic rings. The van der Waals surface area contributed by atoms with Gasteiger partial charge in [-0.15, -0.1) is 0 Å². The molecule has 0 radical (unpaired) electrons. The Labute approximate surface area is 107 Å². The van der Waals surface area contributed by atoms with Gasteiger partial charge in [0.15, 0.2) is 5.60 Å². The van der Waals surface area contributed by atoms with E-state index in [0.717, 1.165) is 0 Å². The zero-order valence-corrected chi connectivity index (χ0v) is 11.4. The van der Waals surface area contributed by atoms with Crippen LogP contribution in [0.3, 0.4) is 0 Å². The Balaban J connectivity index is 2.69. The van der Waals surface area contributed by atoms with Gasteiger partial charge in [-0.2, -0.15) is 0 Å². The topological polar surface area (TPSA) is 76.1 Å². The molecule has 1 unspecified atom stereocenters. The van der Waals surface area contributed by atoms with Gasteiger partial charge in [-0.1, -0.05) is 0 Å². The highest BCUT2D eigenvalue weighted by molar-refractivity contribution is 5.80. The molecule has 0 saturated carbocycles. The van der Waals surface area contributed by atoms with Crippen LogP contribution in [0.5, 0.6) is 0 Å². The second-order valence-corrected chi connectivity index (χ2v) is 5.38. The van der Waals surface area contributed by atoms with Crippen LogP contribution in [0.4, 0.5) is 4.79 Å². The van der Waals surface area contributed by atoms with Gasteiger partial charge >= 0.3 is 12.1 Å². The molecule has 1 heterocycles. The first-order chi connectivity index (χ1) is 8.20. The Morgan fingerprint density at radius 2 is 2.00 bits per heavy atom. The number of rotatable bonds is 3. The molecule has 6 heteroatoms. The summed E-state index contributed by atoms with van der Waals surface area (Å²) in [5, 5.41) is 9.22. The SMILES string of the molecule is CCOC1(C(=O)O)CCN(C(=O)OC(C)(C)C)C1. The number of amides is 1. The van der Waals surface area contributed by atoms with Crippen LogP contribution in [0, 0.1) is 0 Å². The van der Waals surface area contributed by atoms with E-state index in [1.807, 2.05) is 0 Å². The first-order valence-corrected chi connectivity index (χ1v) is 6.05. The predicted molar refractivity (Wildman–Crippen MR) is 64.4 cm³/mol. The molecule has 1 atom stereocenters. The van der Waals surface area contributed by atoms with Crippen molar-refractivity contribution >= 4 is 12.1 Å². The van der Waals surface area contributed by atoms with E-state index in [0.29, 0.717) is 13.2 Å². The quantitative estimate of drug-likeness (QED) is 0.831. The largest absolute Gasteiger partial charge is 0.479 e. The summed E-state index contributed by atoms with van der Waals surface area (Å²) >= 11 is 0. The number of carboxylic acids is 1. The van der Waals surface area contributed by atoms with Crippen molar-refractivity contribution in [3.63, 3.8) is 0 Å². The summed E-state index contributed by atoms with van der Waals surface area (Å²) in [6.45, 7) is 7.72. The highest BCUT2D eigenvalue weighted by Gasteiger charge is 2.48. The van der Waals surface area contributed by atoms with E-state index in [-0.39, 0.29) is 13.0 Å². The molecule has 1 saturated heterocycles. The average Bonchev–Trinajstić information content (AvgIpc) is 2.61. The number of carboxylic acid groups (broad SMARTS) is 1. The average molecular weight is 259 g/mol. The van der Waals surface area contributed by atoms with Crippen molar-refractivity contribution < 1.29 is 24.2 Å². The van der Waals surface area contributed by atoms with Crippen molar-refractivity contribution in [2.24, 2.45) is 0 Å². The van der Waals surface area contributed by atoms with Gasteiger partial charge in [0.2, 0.25) is 0 Å². The second-order valence-electron chi connectivity index (χ2n) is 5.38. The van der Waals surface area contributed by atoms with Gasteiger partial charge in [0.1, 0.15) is 5.60 Å². The molecule has 18 heavy (non-hydrogen) atoms. The summed E-state index contributed by atoms with van der Waals surface area (Å²) in [5.41, 5.74) is -1.87. The molecule has 0 aromatic rings. The third-order valence-corrected chi connectivity index (χ3v) is 2.69. The lowest BCUT2D eigenvalue weighted by molar-refractivity contribution is -0.163. The minimum absolute atomic E-state index is 0.0328. The van der Waals surface area contributed by atoms with Gasteiger partial charge in [-0.05, 0) is 27.7 Å². The maximum atomic E-state index is 11.8. The zero-order chi connectivity index (χ0) is 14.0.